The third kappa shape index (κ3) is 4.09. The summed E-state index contributed by atoms with van der Waals surface area (Å²) >= 11 is 0. The fourth-order valence-electron chi connectivity index (χ4n) is 3.86. The Morgan fingerprint density at radius 1 is 1.10 bits per heavy atom. The van der Waals surface area contributed by atoms with E-state index in [2.05, 4.69) is 58.1 Å². The van der Waals surface area contributed by atoms with Crippen molar-refractivity contribution in [2.45, 2.75) is 66.5 Å². The van der Waals surface area contributed by atoms with Crippen LogP contribution in [0, 0.1) is 31.6 Å². The topological polar surface area (TPSA) is 12.0 Å². The molecule has 1 N–H and O–H groups in total. The van der Waals surface area contributed by atoms with Crippen molar-refractivity contribution in [3.63, 3.8) is 0 Å². The zero-order chi connectivity index (χ0) is 14.7. The summed E-state index contributed by atoms with van der Waals surface area (Å²) in [6.45, 7) is 12.6. The Morgan fingerprint density at radius 3 is 2.35 bits per heavy atom. The zero-order valence-electron chi connectivity index (χ0n) is 13.9. The van der Waals surface area contributed by atoms with Crippen LogP contribution in [-0.2, 0) is 6.54 Å². The summed E-state index contributed by atoms with van der Waals surface area (Å²) < 4.78 is 0. The van der Waals surface area contributed by atoms with Gasteiger partial charge in [-0.1, -0.05) is 56.5 Å². The molecule has 1 heteroatoms. The molecule has 0 aliphatic heterocycles. The first-order valence-corrected chi connectivity index (χ1v) is 8.26. The summed E-state index contributed by atoms with van der Waals surface area (Å²) in [4.78, 5) is 0. The molecule has 3 unspecified atom stereocenters. The molecular weight excluding hydrogens is 242 g/mol. The molecule has 0 aromatic heterocycles. The summed E-state index contributed by atoms with van der Waals surface area (Å²) in [6.07, 6.45) is 4.14. The summed E-state index contributed by atoms with van der Waals surface area (Å²) in [7, 11) is 0. The third-order valence-corrected chi connectivity index (χ3v) is 4.87. The highest BCUT2D eigenvalue weighted by Gasteiger charge is 2.30. The smallest absolute Gasteiger partial charge is 0.0208 e. The Labute approximate surface area is 125 Å². The van der Waals surface area contributed by atoms with E-state index in [1.165, 1.54) is 36.0 Å². The molecular formula is C19H31N. The summed E-state index contributed by atoms with van der Waals surface area (Å²) in [5, 5.41) is 3.85. The van der Waals surface area contributed by atoms with Crippen LogP contribution in [0.3, 0.4) is 0 Å². The monoisotopic (exact) mass is 273 g/mol. The average Bonchev–Trinajstić information content (AvgIpc) is 2.35. The van der Waals surface area contributed by atoms with Gasteiger partial charge in [0.15, 0.2) is 0 Å². The van der Waals surface area contributed by atoms with Gasteiger partial charge in [0.05, 0.1) is 0 Å². The van der Waals surface area contributed by atoms with E-state index in [-0.39, 0.29) is 0 Å². The van der Waals surface area contributed by atoms with E-state index >= 15 is 0 Å². The number of nitrogens with one attached hydrogen (secondary N) is 1. The SMILES string of the molecule is Cc1cc(C)cc(CNC2CC(C)CCC2C(C)C)c1. The van der Waals surface area contributed by atoms with Crippen LogP contribution in [0.2, 0.25) is 0 Å². The molecule has 0 heterocycles. The predicted molar refractivity (Wildman–Crippen MR) is 87.9 cm³/mol. The lowest BCUT2D eigenvalue weighted by Crippen LogP contribution is -2.42. The van der Waals surface area contributed by atoms with Gasteiger partial charge in [-0.3, -0.25) is 0 Å². The maximum absolute atomic E-state index is 3.85. The molecule has 1 saturated carbocycles. The fourth-order valence-corrected chi connectivity index (χ4v) is 3.86. The van der Waals surface area contributed by atoms with Crippen molar-refractivity contribution in [2.24, 2.45) is 17.8 Å². The number of hydrogen-bond donors (Lipinski definition) is 1. The molecule has 0 spiro atoms. The zero-order valence-corrected chi connectivity index (χ0v) is 13.9. The van der Waals surface area contributed by atoms with Gasteiger partial charge in [0.1, 0.15) is 0 Å². The van der Waals surface area contributed by atoms with Crippen LogP contribution in [0.15, 0.2) is 18.2 Å². The predicted octanol–water partition coefficient (Wildman–Crippen LogP) is 4.85. The van der Waals surface area contributed by atoms with Gasteiger partial charge in [0, 0.05) is 12.6 Å². The number of benzene rings is 1. The van der Waals surface area contributed by atoms with Crippen molar-refractivity contribution < 1.29 is 0 Å². The van der Waals surface area contributed by atoms with Gasteiger partial charge in [-0.05, 0) is 50.0 Å². The second kappa shape index (κ2) is 6.76. The van der Waals surface area contributed by atoms with Gasteiger partial charge in [-0.25, -0.2) is 0 Å². The first kappa shape index (κ1) is 15.6. The van der Waals surface area contributed by atoms with E-state index in [0.29, 0.717) is 6.04 Å². The van der Waals surface area contributed by atoms with Crippen LogP contribution in [0.25, 0.3) is 0 Å². The van der Waals surface area contributed by atoms with Gasteiger partial charge in [0.25, 0.3) is 0 Å². The minimum Gasteiger partial charge on any atom is -0.310 e. The van der Waals surface area contributed by atoms with Gasteiger partial charge in [-0.15, -0.1) is 0 Å². The number of hydrogen-bond acceptors (Lipinski definition) is 1. The molecule has 20 heavy (non-hydrogen) atoms. The summed E-state index contributed by atoms with van der Waals surface area (Å²) in [6, 6.07) is 7.58. The van der Waals surface area contributed by atoms with Gasteiger partial charge in [0.2, 0.25) is 0 Å². The van der Waals surface area contributed by atoms with Gasteiger partial charge in [-0.2, -0.15) is 0 Å². The van der Waals surface area contributed by atoms with E-state index in [1.807, 2.05) is 0 Å². The number of rotatable bonds is 4. The lowest BCUT2D eigenvalue weighted by Gasteiger charge is -2.38. The highest BCUT2D eigenvalue weighted by Crippen LogP contribution is 2.33. The molecule has 1 nitrogen and oxygen atoms in total. The first-order chi connectivity index (χ1) is 9.45. The normalized spacial score (nSPS) is 27.0. The van der Waals surface area contributed by atoms with Gasteiger partial charge < -0.3 is 5.32 Å². The maximum atomic E-state index is 3.85. The maximum Gasteiger partial charge on any atom is 0.0208 e. The average molecular weight is 273 g/mol. The van der Waals surface area contributed by atoms with E-state index in [1.54, 1.807) is 0 Å². The Hall–Kier alpha value is -0.820. The first-order valence-electron chi connectivity index (χ1n) is 8.26. The van der Waals surface area contributed by atoms with E-state index < -0.39 is 0 Å². The van der Waals surface area contributed by atoms with Crippen molar-refractivity contribution in [2.75, 3.05) is 0 Å². The van der Waals surface area contributed by atoms with Crippen LogP contribution in [-0.4, -0.2) is 6.04 Å². The largest absolute Gasteiger partial charge is 0.310 e. The highest BCUT2D eigenvalue weighted by molar-refractivity contribution is 5.28. The van der Waals surface area contributed by atoms with E-state index in [0.717, 1.165) is 24.3 Å². The molecule has 3 atom stereocenters. The standard InChI is InChI=1S/C19H31N/c1-13(2)18-7-6-14(3)11-19(18)20-12-17-9-15(4)8-16(5)10-17/h8-10,13-14,18-20H,6-7,11-12H2,1-5H3. The van der Waals surface area contributed by atoms with Crippen molar-refractivity contribution in [1.29, 1.82) is 0 Å². The number of aryl methyl sites for hydroxylation is 2. The Kier molecular flexibility index (Phi) is 5.26. The highest BCUT2D eigenvalue weighted by atomic mass is 14.9. The second-order valence-electron chi connectivity index (χ2n) is 7.31. The van der Waals surface area contributed by atoms with Crippen LogP contribution in [0.1, 0.15) is 56.7 Å². The lowest BCUT2D eigenvalue weighted by atomic mass is 9.74. The Morgan fingerprint density at radius 2 is 1.75 bits per heavy atom. The molecule has 1 aromatic rings. The Bertz CT molecular complexity index is 415. The van der Waals surface area contributed by atoms with E-state index in [9.17, 15) is 0 Å². The summed E-state index contributed by atoms with van der Waals surface area (Å²) in [5.41, 5.74) is 4.18. The second-order valence-corrected chi connectivity index (χ2v) is 7.31. The minimum atomic E-state index is 0.694. The Balaban J connectivity index is 1.99. The third-order valence-electron chi connectivity index (χ3n) is 4.87. The summed E-state index contributed by atoms with van der Waals surface area (Å²) in [5.74, 6) is 2.51. The van der Waals surface area contributed by atoms with Crippen LogP contribution in [0.4, 0.5) is 0 Å². The molecule has 0 saturated heterocycles. The molecule has 0 amide bonds. The molecule has 112 valence electrons. The molecule has 1 fully saturated rings. The van der Waals surface area contributed by atoms with Gasteiger partial charge >= 0.3 is 0 Å². The van der Waals surface area contributed by atoms with Crippen molar-refractivity contribution in [1.82, 2.24) is 5.32 Å². The lowest BCUT2D eigenvalue weighted by molar-refractivity contribution is 0.169. The van der Waals surface area contributed by atoms with Crippen LogP contribution < -0.4 is 5.32 Å². The molecule has 0 bridgehead atoms. The molecule has 2 rings (SSSR count). The fraction of sp³-hybridized carbons (Fsp3) is 0.684. The van der Waals surface area contributed by atoms with Crippen LogP contribution >= 0.6 is 0 Å². The van der Waals surface area contributed by atoms with E-state index in [4.69, 9.17) is 0 Å². The molecule has 0 radical (unpaired) electrons. The molecule has 1 aliphatic carbocycles. The van der Waals surface area contributed by atoms with Crippen molar-refractivity contribution >= 4 is 0 Å². The van der Waals surface area contributed by atoms with Crippen LogP contribution in [0.5, 0.6) is 0 Å². The quantitative estimate of drug-likeness (QED) is 0.826. The molecule has 1 aromatic carbocycles. The minimum absolute atomic E-state index is 0.694. The van der Waals surface area contributed by atoms with Crippen molar-refractivity contribution in [3.8, 4) is 0 Å². The van der Waals surface area contributed by atoms with Crippen molar-refractivity contribution in [3.05, 3.63) is 34.9 Å². The molecule has 1 aliphatic rings.